The van der Waals surface area contributed by atoms with Crippen molar-refractivity contribution >= 4 is 18.4 Å². The maximum atomic E-state index is 10.8. The number of ether oxygens (including phenoxy) is 1. The molecule has 1 aliphatic heterocycles. The molecule has 1 aliphatic rings. The molecule has 1 heterocycles. The third-order valence-electron chi connectivity index (χ3n) is 2.75. The Bertz CT molecular complexity index is 445. The Morgan fingerprint density at radius 1 is 1.53 bits per heavy atom. The van der Waals surface area contributed by atoms with Crippen LogP contribution in [0.3, 0.4) is 0 Å². The number of nitrogens with two attached hydrogens (primary N) is 1. The SMILES string of the molecule is CC1(C)C[C@H](N)c2cc(C(=O)O)ccc2O1.Cl. The van der Waals surface area contributed by atoms with E-state index in [-0.39, 0.29) is 29.6 Å². The Morgan fingerprint density at radius 3 is 2.76 bits per heavy atom. The maximum absolute atomic E-state index is 10.8. The number of hydrogen-bond acceptors (Lipinski definition) is 3. The van der Waals surface area contributed by atoms with Crippen LogP contribution in [0.25, 0.3) is 0 Å². The maximum Gasteiger partial charge on any atom is 0.335 e. The molecule has 94 valence electrons. The van der Waals surface area contributed by atoms with Crippen LogP contribution in [-0.2, 0) is 0 Å². The molecule has 0 saturated heterocycles. The van der Waals surface area contributed by atoms with Crippen LogP contribution in [0.2, 0.25) is 0 Å². The molecule has 0 amide bonds. The molecule has 0 fully saturated rings. The monoisotopic (exact) mass is 257 g/mol. The van der Waals surface area contributed by atoms with E-state index in [1.807, 2.05) is 13.8 Å². The number of hydrogen-bond donors (Lipinski definition) is 2. The number of fused-ring (bicyclic) bond motifs is 1. The molecule has 0 saturated carbocycles. The largest absolute Gasteiger partial charge is 0.487 e. The molecule has 1 atom stereocenters. The standard InChI is InChI=1S/C12H15NO3.ClH/c1-12(2)6-9(13)8-5-7(11(14)15)3-4-10(8)16-12;/h3-5,9H,6,13H2,1-2H3,(H,14,15);1H/t9-;/m0./s1. The molecular weight excluding hydrogens is 242 g/mol. The highest BCUT2D eigenvalue weighted by Crippen LogP contribution is 2.38. The van der Waals surface area contributed by atoms with Crippen molar-refractivity contribution in [2.24, 2.45) is 5.73 Å². The van der Waals surface area contributed by atoms with Crippen molar-refractivity contribution in [2.45, 2.75) is 31.9 Å². The van der Waals surface area contributed by atoms with Crippen molar-refractivity contribution in [1.29, 1.82) is 0 Å². The molecule has 1 aromatic rings. The second-order valence-electron chi connectivity index (χ2n) is 4.73. The summed E-state index contributed by atoms with van der Waals surface area (Å²) in [5.41, 5.74) is 6.75. The van der Waals surface area contributed by atoms with Gasteiger partial charge in [-0.1, -0.05) is 0 Å². The summed E-state index contributed by atoms with van der Waals surface area (Å²) in [5, 5.41) is 8.89. The number of aromatic carboxylic acids is 1. The number of rotatable bonds is 1. The predicted molar refractivity (Wildman–Crippen MR) is 66.9 cm³/mol. The minimum atomic E-state index is -0.945. The van der Waals surface area contributed by atoms with Crippen molar-refractivity contribution in [3.05, 3.63) is 29.3 Å². The number of benzene rings is 1. The van der Waals surface area contributed by atoms with Crippen molar-refractivity contribution < 1.29 is 14.6 Å². The average molecular weight is 258 g/mol. The summed E-state index contributed by atoms with van der Waals surface area (Å²) in [6.45, 7) is 3.95. The summed E-state index contributed by atoms with van der Waals surface area (Å²) in [7, 11) is 0. The number of halogens is 1. The van der Waals surface area contributed by atoms with E-state index in [0.717, 1.165) is 5.56 Å². The van der Waals surface area contributed by atoms with Gasteiger partial charge in [0.05, 0.1) is 5.56 Å². The van der Waals surface area contributed by atoms with Gasteiger partial charge in [-0.25, -0.2) is 4.79 Å². The highest BCUT2D eigenvalue weighted by atomic mass is 35.5. The molecular formula is C12H16ClNO3. The number of carboxylic acids is 1. The molecule has 2 rings (SSSR count). The van der Waals surface area contributed by atoms with Crippen LogP contribution >= 0.6 is 12.4 Å². The second kappa shape index (κ2) is 4.55. The molecule has 0 unspecified atom stereocenters. The lowest BCUT2D eigenvalue weighted by Gasteiger charge is -2.36. The molecule has 4 nitrogen and oxygen atoms in total. The molecule has 0 radical (unpaired) electrons. The quantitative estimate of drug-likeness (QED) is 0.810. The van der Waals surface area contributed by atoms with E-state index in [2.05, 4.69) is 0 Å². The van der Waals surface area contributed by atoms with Gasteiger partial charge in [0, 0.05) is 18.0 Å². The molecule has 0 aromatic heterocycles. The smallest absolute Gasteiger partial charge is 0.335 e. The molecule has 5 heteroatoms. The van der Waals surface area contributed by atoms with E-state index in [9.17, 15) is 4.79 Å². The zero-order chi connectivity index (χ0) is 11.9. The van der Waals surface area contributed by atoms with Gasteiger partial charge in [0.15, 0.2) is 0 Å². The Balaban J connectivity index is 0.00000144. The highest BCUT2D eigenvalue weighted by molar-refractivity contribution is 5.88. The van der Waals surface area contributed by atoms with Gasteiger partial charge < -0.3 is 15.6 Å². The first-order chi connectivity index (χ1) is 7.39. The van der Waals surface area contributed by atoms with E-state index in [1.165, 1.54) is 6.07 Å². The summed E-state index contributed by atoms with van der Waals surface area (Å²) < 4.78 is 5.75. The molecule has 0 aliphatic carbocycles. The predicted octanol–water partition coefficient (Wildman–Crippen LogP) is 2.37. The van der Waals surface area contributed by atoms with Crippen molar-refractivity contribution in [1.82, 2.24) is 0 Å². The van der Waals surface area contributed by atoms with Crippen LogP contribution in [-0.4, -0.2) is 16.7 Å². The summed E-state index contributed by atoms with van der Waals surface area (Å²) in [5.74, 6) is -0.256. The zero-order valence-corrected chi connectivity index (χ0v) is 10.6. The average Bonchev–Trinajstić information content (AvgIpc) is 2.15. The van der Waals surface area contributed by atoms with E-state index < -0.39 is 5.97 Å². The van der Waals surface area contributed by atoms with Crippen LogP contribution < -0.4 is 10.5 Å². The number of carbonyl (C=O) groups is 1. The molecule has 3 N–H and O–H groups in total. The lowest BCUT2D eigenvalue weighted by molar-refractivity contribution is 0.0690. The van der Waals surface area contributed by atoms with E-state index in [1.54, 1.807) is 12.1 Å². The Kier molecular flexibility index (Phi) is 3.69. The molecule has 0 spiro atoms. The molecule has 1 aromatic carbocycles. The van der Waals surface area contributed by atoms with Crippen molar-refractivity contribution in [3.63, 3.8) is 0 Å². The van der Waals surface area contributed by atoms with Gasteiger partial charge >= 0.3 is 5.97 Å². The Hall–Kier alpha value is -1.26. The fourth-order valence-electron chi connectivity index (χ4n) is 2.04. The first kappa shape index (κ1) is 13.8. The lowest BCUT2D eigenvalue weighted by Crippen LogP contribution is -2.37. The second-order valence-corrected chi connectivity index (χ2v) is 4.73. The van der Waals surface area contributed by atoms with Crippen LogP contribution in [0.4, 0.5) is 0 Å². The summed E-state index contributed by atoms with van der Waals surface area (Å²) >= 11 is 0. The minimum Gasteiger partial charge on any atom is -0.487 e. The summed E-state index contributed by atoms with van der Waals surface area (Å²) in [6.07, 6.45) is 0.684. The summed E-state index contributed by atoms with van der Waals surface area (Å²) in [4.78, 5) is 10.8. The fraction of sp³-hybridized carbons (Fsp3) is 0.417. The van der Waals surface area contributed by atoms with Gasteiger partial charge in [0.25, 0.3) is 0 Å². The van der Waals surface area contributed by atoms with E-state index in [0.29, 0.717) is 12.2 Å². The third-order valence-corrected chi connectivity index (χ3v) is 2.75. The lowest BCUT2D eigenvalue weighted by atomic mass is 9.89. The normalized spacial score (nSPS) is 20.8. The van der Waals surface area contributed by atoms with Gasteiger partial charge in [-0.3, -0.25) is 0 Å². The van der Waals surface area contributed by atoms with E-state index >= 15 is 0 Å². The van der Waals surface area contributed by atoms with Crippen LogP contribution in [0.5, 0.6) is 5.75 Å². The third kappa shape index (κ3) is 2.70. The number of carboxylic acid groups (broad SMARTS) is 1. The zero-order valence-electron chi connectivity index (χ0n) is 9.77. The van der Waals surface area contributed by atoms with Crippen LogP contribution in [0.1, 0.15) is 42.2 Å². The highest BCUT2D eigenvalue weighted by Gasteiger charge is 2.32. The van der Waals surface area contributed by atoms with Crippen molar-refractivity contribution in [3.8, 4) is 5.75 Å². The van der Waals surface area contributed by atoms with Crippen LogP contribution in [0, 0.1) is 0 Å². The summed E-state index contributed by atoms with van der Waals surface area (Å²) in [6, 6.07) is 4.64. The first-order valence-electron chi connectivity index (χ1n) is 5.21. The van der Waals surface area contributed by atoms with Gasteiger partial charge in [-0.15, -0.1) is 12.4 Å². The first-order valence-corrected chi connectivity index (χ1v) is 5.21. The Labute approximate surface area is 106 Å². The van der Waals surface area contributed by atoms with Gasteiger partial charge in [-0.05, 0) is 32.0 Å². The van der Waals surface area contributed by atoms with Gasteiger partial charge in [0.2, 0.25) is 0 Å². The Morgan fingerprint density at radius 2 is 2.18 bits per heavy atom. The minimum absolute atomic E-state index is 0. The van der Waals surface area contributed by atoms with E-state index in [4.69, 9.17) is 15.6 Å². The topological polar surface area (TPSA) is 72.6 Å². The van der Waals surface area contributed by atoms with Crippen LogP contribution in [0.15, 0.2) is 18.2 Å². The van der Waals surface area contributed by atoms with Crippen molar-refractivity contribution in [2.75, 3.05) is 0 Å². The van der Waals surface area contributed by atoms with Gasteiger partial charge in [-0.2, -0.15) is 0 Å². The molecule has 17 heavy (non-hydrogen) atoms. The molecule has 0 bridgehead atoms. The fourth-order valence-corrected chi connectivity index (χ4v) is 2.04. The van der Waals surface area contributed by atoms with Gasteiger partial charge in [0.1, 0.15) is 11.4 Å².